The molecular weight excluding hydrogens is 426 g/mol. The molecular formula is C16H11Br2N3O2. The second-order valence-corrected chi connectivity index (χ2v) is 6.54. The zero-order chi connectivity index (χ0) is 16.6. The summed E-state index contributed by atoms with van der Waals surface area (Å²) in [6.45, 7) is 1.71. The van der Waals surface area contributed by atoms with Gasteiger partial charge in [0.1, 0.15) is 11.6 Å². The normalized spacial score (nSPS) is 11.4. The van der Waals surface area contributed by atoms with E-state index in [0.717, 1.165) is 0 Å². The average Bonchev–Trinajstić information content (AvgIpc) is 2.53. The SMILES string of the molecule is Cc1nc2ccccc2c(=O)n1/N=C/c1c(Br)ccc(Br)c1O. The van der Waals surface area contributed by atoms with E-state index in [-0.39, 0.29) is 11.3 Å². The maximum atomic E-state index is 12.5. The van der Waals surface area contributed by atoms with Gasteiger partial charge in [0.2, 0.25) is 0 Å². The molecule has 1 heterocycles. The number of hydrogen-bond donors (Lipinski definition) is 1. The van der Waals surface area contributed by atoms with E-state index in [4.69, 9.17) is 0 Å². The first-order chi connectivity index (χ1) is 11.0. The highest BCUT2D eigenvalue weighted by atomic mass is 79.9. The van der Waals surface area contributed by atoms with Gasteiger partial charge in [-0.05, 0) is 63.0 Å². The molecule has 1 aromatic heterocycles. The average molecular weight is 437 g/mol. The van der Waals surface area contributed by atoms with E-state index >= 15 is 0 Å². The third kappa shape index (κ3) is 2.94. The summed E-state index contributed by atoms with van der Waals surface area (Å²) in [5, 5.41) is 14.8. The van der Waals surface area contributed by atoms with Crippen LogP contribution in [0.4, 0.5) is 0 Å². The van der Waals surface area contributed by atoms with E-state index in [1.807, 2.05) is 6.07 Å². The van der Waals surface area contributed by atoms with Crippen LogP contribution in [0.25, 0.3) is 10.9 Å². The van der Waals surface area contributed by atoms with Gasteiger partial charge in [0.15, 0.2) is 0 Å². The number of aromatic hydroxyl groups is 1. The molecule has 0 radical (unpaired) electrons. The number of phenolic OH excluding ortho intramolecular Hbond substituents is 1. The van der Waals surface area contributed by atoms with Gasteiger partial charge in [-0.3, -0.25) is 4.79 Å². The number of phenols is 1. The summed E-state index contributed by atoms with van der Waals surface area (Å²) in [7, 11) is 0. The van der Waals surface area contributed by atoms with E-state index < -0.39 is 0 Å². The van der Waals surface area contributed by atoms with Crippen LogP contribution in [0, 0.1) is 6.92 Å². The molecule has 0 aliphatic rings. The Morgan fingerprint density at radius 1 is 1.17 bits per heavy atom. The van der Waals surface area contributed by atoms with Gasteiger partial charge in [0, 0.05) is 4.47 Å². The van der Waals surface area contributed by atoms with Gasteiger partial charge >= 0.3 is 0 Å². The summed E-state index contributed by atoms with van der Waals surface area (Å²) in [6, 6.07) is 10.6. The van der Waals surface area contributed by atoms with E-state index in [1.54, 1.807) is 37.3 Å². The molecule has 0 bridgehead atoms. The molecule has 0 amide bonds. The van der Waals surface area contributed by atoms with E-state index in [0.29, 0.717) is 31.2 Å². The lowest BCUT2D eigenvalue weighted by molar-refractivity contribution is 0.470. The van der Waals surface area contributed by atoms with Crippen LogP contribution >= 0.6 is 31.9 Å². The molecule has 3 aromatic rings. The van der Waals surface area contributed by atoms with Crippen LogP contribution in [0.3, 0.4) is 0 Å². The molecule has 0 aliphatic carbocycles. The topological polar surface area (TPSA) is 67.5 Å². The van der Waals surface area contributed by atoms with Crippen molar-refractivity contribution in [3.8, 4) is 5.75 Å². The van der Waals surface area contributed by atoms with Crippen molar-refractivity contribution in [2.24, 2.45) is 5.10 Å². The summed E-state index contributed by atoms with van der Waals surface area (Å²) in [4.78, 5) is 16.9. The fourth-order valence-corrected chi connectivity index (χ4v) is 2.93. The van der Waals surface area contributed by atoms with Crippen molar-refractivity contribution >= 4 is 49.0 Å². The Kier molecular flexibility index (Phi) is 4.32. The highest BCUT2D eigenvalue weighted by Gasteiger charge is 2.09. The zero-order valence-electron chi connectivity index (χ0n) is 12.0. The molecule has 1 N–H and O–H groups in total. The first kappa shape index (κ1) is 15.9. The Morgan fingerprint density at radius 2 is 1.87 bits per heavy atom. The Morgan fingerprint density at radius 3 is 2.65 bits per heavy atom. The summed E-state index contributed by atoms with van der Waals surface area (Å²) in [5.41, 5.74) is 0.849. The highest BCUT2D eigenvalue weighted by Crippen LogP contribution is 2.31. The number of benzene rings is 2. The lowest BCUT2D eigenvalue weighted by atomic mass is 10.2. The number of aryl methyl sites for hydroxylation is 1. The fraction of sp³-hybridized carbons (Fsp3) is 0.0625. The first-order valence-electron chi connectivity index (χ1n) is 6.69. The fourth-order valence-electron chi connectivity index (χ4n) is 2.17. The molecule has 5 nitrogen and oxygen atoms in total. The minimum atomic E-state index is -0.255. The Balaban J connectivity index is 2.16. The molecule has 0 saturated carbocycles. The number of halogens is 2. The van der Waals surface area contributed by atoms with Crippen LogP contribution in [-0.2, 0) is 0 Å². The number of aromatic nitrogens is 2. The predicted molar refractivity (Wildman–Crippen MR) is 97.2 cm³/mol. The monoisotopic (exact) mass is 435 g/mol. The largest absolute Gasteiger partial charge is 0.506 e. The highest BCUT2D eigenvalue weighted by molar-refractivity contribution is 9.11. The smallest absolute Gasteiger partial charge is 0.282 e. The second-order valence-electron chi connectivity index (χ2n) is 4.83. The number of nitrogens with zero attached hydrogens (tertiary/aromatic N) is 3. The van der Waals surface area contributed by atoms with Crippen molar-refractivity contribution in [3.63, 3.8) is 0 Å². The van der Waals surface area contributed by atoms with Gasteiger partial charge in [-0.2, -0.15) is 9.78 Å². The van der Waals surface area contributed by atoms with Crippen molar-refractivity contribution in [3.05, 3.63) is 67.1 Å². The molecule has 0 aliphatic heterocycles. The van der Waals surface area contributed by atoms with Crippen molar-refractivity contribution in [2.45, 2.75) is 6.92 Å². The van der Waals surface area contributed by atoms with Crippen LogP contribution in [-0.4, -0.2) is 21.0 Å². The maximum absolute atomic E-state index is 12.5. The van der Waals surface area contributed by atoms with E-state index in [2.05, 4.69) is 41.9 Å². The minimum absolute atomic E-state index is 0.0441. The number of hydrogen-bond acceptors (Lipinski definition) is 4. The van der Waals surface area contributed by atoms with Crippen LogP contribution in [0.15, 0.2) is 55.2 Å². The molecule has 116 valence electrons. The lowest BCUT2D eigenvalue weighted by Gasteiger charge is -2.07. The molecule has 7 heteroatoms. The Labute approximate surface area is 148 Å². The Hall–Kier alpha value is -1.99. The lowest BCUT2D eigenvalue weighted by Crippen LogP contribution is -2.20. The van der Waals surface area contributed by atoms with Crippen LogP contribution in [0.2, 0.25) is 0 Å². The Bertz CT molecular complexity index is 997. The third-order valence-electron chi connectivity index (χ3n) is 3.33. The summed E-state index contributed by atoms with van der Waals surface area (Å²) < 4.78 is 2.43. The third-order valence-corrected chi connectivity index (χ3v) is 4.66. The van der Waals surface area contributed by atoms with Gasteiger partial charge in [-0.15, -0.1) is 0 Å². The predicted octanol–water partition coefficient (Wildman–Crippen LogP) is 3.82. The van der Waals surface area contributed by atoms with Crippen LogP contribution < -0.4 is 5.56 Å². The molecule has 3 rings (SSSR count). The minimum Gasteiger partial charge on any atom is -0.506 e. The van der Waals surface area contributed by atoms with Crippen LogP contribution in [0.5, 0.6) is 5.75 Å². The van der Waals surface area contributed by atoms with Gasteiger partial charge in [-0.1, -0.05) is 12.1 Å². The summed E-state index contributed by atoms with van der Waals surface area (Å²) in [5.74, 6) is 0.512. The number of fused-ring (bicyclic) bond motifs is 1. The summed E-state index contributed by atoms with van der Waals surface area (Å²) >= 11 is 6.61. The maximum Gasteiger partial charge on any atom is 0.282 e. The van der Waals surface area contributed by atoms with Gasteiger partial charge in [0.05, 0.1) is 27.2 Å². The molecule has 0 saturated heterocycles. The van der Waals surface area contributed by atoms with Gasteiger partial charge < -0.3 is 5.11 Å². The first-order valence-corrected chi connectivity index (χ1v) is 8.27. The number of para-hydroxylation sites is 1. The molecule has 2 aromatic carbocycles. The molecule has 0 spiro atoms. The zero-order valence-corrected chi connectivity index (χ0v) is 15.2. The van der Waals surface area contributed by atoms with E-state index in [9.17, 15) is 9.90 Å². The molecule has 0 unspecified atom stereocenters. The standard InChI is InChI=1S/C16H11Br2N3O2/c1-9-20-14-5-3-2-4-10(14)16(23)21(9)19-8-11-12(17)6-7-13(18)15(11)22/h2-8,22H,1H3/b19-8+. The van der Waals surface area contributed by atoms with Gasteiger partial charge in [-0.25, -0.2) is 4.98 Å². The molecule has 0 fully saturated rings. The quantitative estimate of drug-likeness (QED) is 0.621. The van der Waals surface area contributed by atoms with Crippen molar-refractivity contribution in [1.29, 1.82) is 0 Å². The molecule has 0 atom stereocenters. The van der Waals surface area contributed by atoms with Crippen molar-refractivity contribution in [1.82, 2.24) is 9.66 Å². The van der Waals surface area contributed by atoms with E-state index in [1.165, 1.54) is 10.9 Å². The second kappa shape index (κ2) is 6.25. The molecule has 23 heavy (non-hydrogen) atoms. The van der Waals surface area contributed by atoms with Crippen molar-refractivity contribution < 1.29 is 5.11 Å². The summed E-state index contributed by atoms with van der Waals surface area (Å²) in [6.07, 6.45) is 1.43. The number of rotatable bonds is 2. The van der Waals surface area contributed by atoms with Gasteiger partial charge in [0.25, 0.3) is 5.56 Å². The van der Waals surface area contributed by atoms with Crippen LogP contribution in [0.1, 0.15) is 11.4 Å². The van der Waals surface area contributed by atoms with Crippen molar-refractivity contribution in [2.75, 3.05) is 0 Å².